The lowest BCUT2D eigenvalue weighted by Crippen LogP contribution is -2.29. The van der Waals surface area contributed by atoms with Gasteiger partial charge in [-0.15, -0.1) is 0 Å². The molecule has 154 valence electrons. The lowest BCUT2D eigenvalue weighted by atomic mass is 10.3. The van der Waals surface area contributed by atoms with Gasteiger partial charge in [0.25, 0.3) is 0 Å². The van der Waals surface area contributed by atoms with E-state index in [1.807, 2.05) is 19.1 Å². The second-order valence-electron chi connectivity index (χ2n) is 6.34. The Morgan fingerprint density at radius 2 is 1.80 bits per heavy atom. The molecular formula is C18H18N8O2S2. The van der Waals surface area contributed by atoms with Crippen LogP contribution in [0.15, 0.2) is 53.8 Å². The molecule has 30 heavy (non-hydrogen) atoms. The van der Waals surface area contributed by atoms with E-state index in [1.165, 1.54) is 12.4 Å². The number of nitrogens with one attached hydrogen (secondary N) is 3. The van der Waals surface area contributed by atoms with Crippen molar-refractivity contribution < 1.29 is 8.42 Å². The molecule has 0 aliphatic rings. The molecule has 3 aromatic heterocycles. The first kappa shape index (κ1) is 20.1. The van der Waals surface area contributed by atoms with Crippen LogP contribution in [0.4, 0.5) is 17.5 Å². The third kappa shape index (κ3) is 4.67. The maximum Gasteiger partial charge on any atom is 0.242 e. The first-order valence-electron chi connectivity index (χ1n) is 8.98. The summed E-state index contributed by atoms with van der Waals surface area (Å²) in [6.45, 7) is 2.48. The van der Waals surface area contributed by atoms with Crippen LogP contribution in [0.3, 0.4) is 0 Å². The van der Waals surface area contributed by atoms with E-state index < -0.39 is 10.0 Å². The van der Waals surface area contributed by atoms with E-state index in [4.69, 9.17) is 0 Å². The number of hydrogen-bond acceptors (Lipinski definition) is 10. The minimum Gasteiger partial charge on any atom is -0.369 e. The van der Waals surface area contributed by atoms with Crippen molar-refractivity contribution in [1.29, 1.82) is 0 Å². The van der Waals surface area contributed by atoms with E-state index in [-0.39, 0.29) is 11.4 Å². The zero-order valence-electron chi connectivity index (χ0n) is 15.9. The number of sulfonamides is 1. The lowest BCUT2D eigenvalue weighted by molar-refractivity contribution is 0.583. The van der Waals surface area contributed by atoms with Gasteiger partial charge in [-0.2, -0.15) is 8.75 Å². The van der Waals surface area contributed by atoms with Crippen LogP contribution < -0.4 is 15.4 Å². The van der Waals surface area contributed by atoms with Crippen LogP contribution in [0.1, 0.15) is 5.56 Å². The van der Waals surface area contributed by atoms with Crippen LogP contribution in [-0.2, 0) is 10.0 Å². The van der Waals surface area contributed by atoms with Gasteiger partial charge in [0, 0.05) is 25.4 Å². The van der Waals surface area contributed by atoms with E-state index in [9.17, 15) is 8.42 Å². The number of nitrogens with zero attached hydrogens (tertiary/aromatic N) is 5. The molecule has 10 nitrogen and oxygen atoms in total. The van der Waals surface area contributed by atoms with Crippen molar-refractivity contribution in [3.8, 4) is 0 Å². The third-order valence-corrected chi connectivity index (χ3v) is 6.14. The van der Waals surface area contributed by atoms with Crippen molar-refractivity contribution >= 4 is 50.2 Å². The van der Waals surface area contributed by atoms with Crippen molar-refractivity contribution in [2.45, 2.75) is 11.8 Å². The summed E-state index contributed by atoms with van der Waals surface area (Å²) in [5.74, 6) is 1.82. The average molecular weight is 443 g/mol. The Labute approximate surface area is 177 Å². The fourth-order valence-electron chi connectivity index (χ4n) is 2.71. The van der Waals surface area contributed by atoms with Crippen molar-refractivity contribution in [2.24, 2.45) is 0 Å². The molecule has 3 N–H and O–H groups in total. The number of aryl methyl sites for hydroxylation is 1. The molecule has 0 saturated heterocycles. The Morgan fingerprint density at radius 3 is 2.67 bits per heavy atom. The number of benzene rings is 1. The molecule has 0 aliphatic carbocycles. The van der Waals surface area contributed by atoms with Crippen LogP contribution in [0.2, 0.25) is 0 Å². The number of pyridine rings is 1. The number of rotatable bonds is 8. The smallest absolute Gasteiger partial charge is 0.242 e. The summed E-state index contributed by atoms with van der Waals surface area (Å²) in [7, 11) is -3.70. The van der Waals surface area contributed by atoms with Gasteiger partial charge in [-0.05, 0) is 36.8 Å². The van der Waals surface area contributed by atoms with E-state index in [0.29, 0.717) is 35.0 Å². The summed E-state index contributed by atoms with van der Waals surface area (Å²) in [4.78, 5) is 12.7. The first-order chi connectivity index (χ1) is 14.5. The Morgan fingerprint density at radius 1 is 0.967 bits per heavy atom. The summed E-state index contributed by atoms with van der Waals surface area (Å²) in [5, 5.41) is 6.18. The van der Waals surface area contributed by atoms with Gasteiger partial charge in [-0.1, -0.05) is 6.07 Å². The first-order valence-corrected chi connectivity index (χ1v) is 11.2. The molecule has 12 heteroatoms. The molecule has 4 rings (SSSR count). The topological polar surface area (TPSA) is 135 Å². The Bertz CT molecular complexity index is 1280. The fourth-order valence-corrected chi connectivity index (χ4v) is 4.51. The van der Waals surface area contributed by atoms with E-state index >= 15 is 0 Å². The van der Waals surface area contributed by atoms with Gasteiger partial charge in [0.2, 0.25) is 10.0 Å². The van der Waals surface area contributed by atoms with Crippen molar-refractivity contribution in [3.63, 3.8) is 0 Å². The van der Waals surface area contributed by atoms with E-state index in [0.717, 1.165) is 17.3 Å². The zero-order valence-corrected chi connectivity index (χ0v) is 17.5. The predicted octanol–water partition coefficient (Wildman–Crippen LogP) is 2.32. The summed E-state index contributed by atoms with van der Waals surface area (Å²) >= 11 is 0.982. The van der Waals surface area contributed by atoms with Crippen LogP contribution in [0, 0.1) is 6.92 Å². The molecular weight excluding hydrogens is 424 g/mol. The zero-order chi connectivity index (χ0) is 21.0. The van der Waals surface area contributed by atoms with Crippen LogP contribution in [0.25, 0.3) is 11.0 Å². The van der Waals surface area contributed by atoms with Crippen molar-refractivity contribution in [2.75, 3.05) is 23.7 Å². The maximum atomic E-state index is 12.6. The van der Waals surface area contributed by atoms with E-state index in [1.54, 1.807) is 24.4 Å². The van der Waals surface area contributed by atoms with Crippen LogP contribution in [-0.4, -0.2) is 45.2 Å². The van der Waals surface area contributed by atoms with Gasteiger partial charge < -0.3 is 10.6 Å². The molecule has 0 fully saturated rings. The molecule has 0 unspecified atom stereocenters. The largest absolute Gasteiger partial charge is 0.369 e. The van der Waals surface area contributed by atoms with Gasteiger partial charge in [-0.3, -0.25) is 0 Å². The molecule has 1 aromatic carbocycles. The predicted molar refractivity (Wildman–Crippen MR) is 115 cm³/mol. The highest BCUT2D eigenvalue weighted by Crippen LogP contribution is 2.20. The van der Waals surface area contributed by atoms with Gasteiger partial charge in [0.1, 0.15) is 39.7 Å². The molecule has 0 radical (unpaired) electrons. The van der Waals surface area contributed by atoms with Crippen LogP contribution >= 0.6 is 11.7 Å². The molecule has 0 saturated carbocycles. The number of aromatic nitrogens is 5. The molecule has 3 heterocycles. The molecule has 0 amide bonds. The third-order valence-electron chi connectivity index (χ3n) is 4.10. The highest BCUT2D eigenvalue weighted by molar-refractivity contribution is 7.89. The summed E-state index contributed by atoms with van der Waals surface area (Å²) in [6.07, 6.45) is 3.13. The highest BCUT2D eigenvalue weighted by Gasteiger charge is 2.18. The molecule has 0 bridgehead atoms. The fraction of sp³-hybridized carbons (Fsp3) is 0.167. The molecule has 4 aromatic rings. The molecule has 0 atom stereocenters. The second-order valence-corrected chi connectivity index (χ2v) is 8.61. The van der Waals surface area contributed by atoms with Gasteiger partial charge in [-0.25, -0.2) is 28.1 Å². The van der Waals surface area contributed by atoms with Gasteiger partial charge >= 0.3 is 0 Å². The lowest BCUT2D eigenvalue weighted by Gasteiger charge is -2.10. The molecule has 0 spiro atoms. The van der Waals surface area contributed by atoms with Gasteiger partial charge in [0.15, 0.2) is 0 Å². The average Bonchev–Trinajstić information content (AvgIpc) is 3.20. The summed E-state index contributed by atoms with van der Waals surface area (Å²) in [6, 6.07) is 10.4. The van der Waals surface area contributed by atoms with E-state index in [2.05, 4.69) is 39.1 Å². The highest BCUT2D eigenvalue weighted by atomic mass is 32.2. The Kier molecular flexibility index (Phi) is 5.79. The number of fused-ring (bicyclic) bond motifs is 1. The minimum absolute atomic E-state index is 0.118. The Balaban J connectivity index is 1.35. The second kappa shape index (κ2) is 8.65. The SMILES string of the molecule is Cc1ccnc(Nc2cc(NCCNS(=O)(=O)c3cccc4nsnc34)ncn2)c1. The monoisotopic (exact) mass is 442 g/mol. The standard InChI is InChI=1S/C18H18N8O2S2/c1-12-5-6-19-16(9-12)24-17-10-15(21-11-22-17)20-7-8-23-30(27,28)14-4-2-3-13-18(14)26-29-25-13/h2-6,9-11,23H,7-8H2,1H3,(H2,19,20,21,22,24). The van der Waals surface area contributed by atoms with Crippen LogP contribution in [0.5, 0.6) is 0 Å². The Hall–Kier alpha value is -3.22. The molecule has 0 aliphatic heterocycles. The van der Waals surface area contributed by atoms with Gasteiger partial charge in [0.05, 0.1) is 11.7 Å². The minimum atomic E-state index is -3.70. The maximum absolute atomic E-state index is 12.6. The van der Waals surface area contributed by atoms with Crippen molar-refractivity contribution in [1.82, 2.24) is 28.4 Å². The number of hydrogen-bond donors (Lipinski definition) is 3. The quantitative estimate of drug-likeness (QED) is 0.351. The summed E-state index contributed by atoms with van der Waals surface area (Å²) in [5.41, 5.74) is 2.01. The normalized spacial score (nSPS) is 11.5. The summed E-state index contributed by atoms with van der Waals surface area (Å²) < 4.78 is 35.9. The number of anilines is 3. The van der Waals surface area contributed by atoms with Crippen molar-refractivity contribution in [3.05, 3.63) is 54.5 Å².